The van der Waals surface area contributed by atoms with Gasteiger partial charge in [0.2, 0.25) is 0 Å². The summed E-state index contributed by atoms with van der Waals surface area (Å²) in [6.07, 6.45) is 1.87. The van der Waals surface area contributed by atoms with Gasteiger partial charge in [-0.15, -0.1) is 0 Å². The van der Waals surface area contributed by atoms with Gasteiger partial charge in [-0.25, -0.2) is 0 Å². The highest BCUT2D eigenvalue weighted by atomic mass is 16.3. The molecule has 80 valence electrons. The van der Waals surface area contributed by atoms with Gasteiger partial charge in [-0.1, -0.05) is 20.8 Å². The molecule has 13 heavy (non-hydrogen) atoms. The fourth-order valence-electron chi connectivity index (χ4n) is 1.63. The molecule has 2 nitrogen and oxygen atoms in total. The Labute approximate surface area is 82.5 Å². The predicted molar refractivity (Wildman–Crippen MR) is 57.5 cm³/mol. The van der Waals surface area contributed by atoms with Crippen molar-refractivity contribution in [3.8, 4) is 0 Å². The lowest BCUT2D eigenvalue weighted by Gasteiger charge is -2.35. The normalized spacial score (nSPS) is 15.9. The Bertz CT molecular complexity index is 141. The van der Waals surface area contributed by atoms with Crippen LogP contribution in [0.1, 0.15) is 47.5 Å². The lowest BCUT2D eigenvalue weighted by Crippen LogP contribution is -2.43. The zero-order chi connectivity index (χ0) is 10.7. The number of hydrogen-bond donors (Lipinski definition) is 2. The van der Waals surface area contributed by atoms with Crippen LogP contribution in [0.2, 0.25) is 0 Å². The third-order valence-corrected chi connectivity index (χ3v) is 2.39. The average molecular weight is 187 g/mol. The van der Waals surface area contributed by atoms with E-state index in [0.29, 0.717) is 5.92 Å². The SMILES string of the molecule is CC(C)(C)CC(CCO)C(C)(C)N. The second-order valence-electron chi connectivity index (χ2n) is 5.80. The summed E-state index contributed by atoms with van der Waals surface area (Å²) in [5.41, 5.74) is 6.17. The maximum Gasteiger partial charge on any atom is 0.0434 e. The van der Waals surface area contributed by atoms with Crippen molar-refractivity contribution in [3.63, 3.8) is 0 Å². The van der Waals surface area contributed by atoms with E-state index in [-0.39, 0.29) is 17.6 Å². The van der Waals surface area contributed by atoms with Gasteiger partial charge in [0.15, 0.2) is 0 Å². The summed E-state index contributed by atoms with van der Waals surface area (Å²) in [6.45, 7) is 11.0. The Hall–Kier alpha value is -0.0800. The number of hydrogen-bond acceptors (Lipinski definition) is 2. The Morgan fingerprint density at radius 3 is 1.85 bits per heavy atom. The highest BCUT2D eigenvalue weighted by molar-refractivity contribution is 4.85. The monoisotopic (exact) mass is 187 g/mol. The minimum Gasteiger partial charge on any atom is -0.396 e. The molecule has 0 rings (SSSR count). The first-order valence-corrected chi connectivity index (χ1v) is 5.06. The molecule has 0 amide bonds. The summed E-state index contributed by atoms with van der Waals surface area (Å²) < 4.78 is 0. The number of aliphatic hydroxyl groups excluding tert-OH is 1. The van der Waals surface area contributed by atoms with Crippen LogP contribution in [-0.2, 0) is 0 Å². The van der Waals surface area contributed by atoms with Gasteiger partial charge in [0.05, 0.1) is 0 Å². The smallest absolute Gasteiger partial charge is 0.0434 e. The number of rotatable bonds is 4. The molecule has 0 fully saturated rings. The lowest BCUT2D eigenvalue weighted by molar-refractivity contribution is 0.164. The third kappa shape index (κ3) is 6.05. The molecule has 0 heterocycles. The van der Waals surface area contributed by atoms with E-state index in [1.807, 2.05) is 13.8 Å². The summed E-state index contributed by atoms with van der Waals surface area (Å²) in [4.78, 5) is 0. The van der Waals surface area contributed by atoms with Gasteiger partial charge in [0.25, 0.3) is 0 Å². The van der Waals surface area contributed by atoms with Crippen molar-refractivity contribution < 1.29 is 5.11 Å². The molecule has 0 saturated heterocycles. The summed E-state index contributed by atoms with van der Waals surface area (Å²) in [6, 6.07) is 0. The molecule has 0 aliphatic heterocycles. The summed E-state index contributed by atoms with van der Waals surface area (Å²) in [5, 5.41) is 8.94. The largest absolute Gasteiger partial charge is 0.396 e. The van der Waals surface area contributed by atoms with Crippen molar-refractivity contribution >= 4 is 0 Å². The minimum atomic E-state index is -0.185. The molecule has 0 bridgehead atoms. The van der Waals surface area contributed by atoms with E-state index in [4.69, 9.17) is 10.8 Å². The molecule has 1 unspecified atom stereocenters. The molecule has 0 aromatic heterocycles. The van der Waals surface area contributed by atoms with Gasteiger partial charge in [-0.3, -0.25) is 0 Å². The van der Waals surface area contributed by atoms with E-state index < -0.39 is 0 Å². The van der Waals surface area contributed by atoms with Crippen LogP contribution < -0.4 is 5.73 Å². The first kappa shape index (κ1) is 12.9. The van der Waals surface area contributed by atoms with Crippen LogP contribution in [0, 0.1) is 11.3 Å². The van der Waals surface area contributed by atoms with E-state index in [1.165, 1.54) is 0 Å². The van der Waals surface area contributed by atoms with E-state index in [1.54, 1.807) is 0 Å². The van der Waals surface area contributed by atoms with Crippen molar-refractivity contribution in [3.05, 3.63) is 0 Å². The van der Waals surface area contributed by atoms with Crippen LogP contribution in [0.25, 0.3) is 0 Å². The zero-order valence-corrected chi connectivity index (χ0v) is 9.72. The fraction of sp³-hybridized carbons (Fsp3) is 1.00. The Morgan fingerprint density at radius 2 is 1.62 bits per heavy atom. The van der Waals surface area contributed by atoms with Gasteiger partial charge in [0.1, 0.15) is 0 Å². The number of nitrogens with two attached hydrogens (primary N) is 1. The fourth-order valence-corrected chi connectivity index (χ4v) is 1.63. The standard InChI is InChI=1S/C11H25NO/c1-10(2,3)8-9(6-7-13)11(4,5)12/h9,13H,6-8,12H2,1-5H3. The maximum atomic E-state index is 8.94. The van der Waals surface area contributed by atoms with Crippen LogP contribution in [0.5, 0.6) is 0 Å². The summed E-state index contributed by atoms with van der Waals surface area (Å²) >= 11 is 0. The van der Waals surface area contributed by atoms with Crippen molar-refractivity contribution in [2.45, 2.75) is 53.0 Å². The van der Waals surface area contributed by atoms with Crippen LogP contribution in [0.15, 0.2) is 0 Å². The highest BCUT2D eigenvalue weighted by Crippen LogP contribution is 2.31. The van der Waals surface area contributed by atoms with Gasteiger partial charge >= 0.3 is 0 Å². The van der Waals surface area contributed by atoms with Crippen molar-refractivity contribution in [2.24, 2.45) is 17.1 Å². The molecular formula is C11H25NO. The van der Waals surface area contributed by atoms with Crippen LogP contribution in [0.3, 0.4) is 0 Å². The Balaban J connectivity index is 4.27. The molecule has 0 saturated carbocycles. The molecule has 0 radical (unpaired) electrons. The first-order valence-electron chi connectivity index (χ1n) is 5.06. The first-order chi connectivity index (χ1) is 5.67. The van der Waals surface area contributed by atoms with Crippen LogP contribution >= 0.6 is 0 Å². The molecule has 0 spiro atoms. The van der Waals surface area contributed by atoms with E-state index in [2.05, 4.69) is 20.8 Å². The van der Waals surface area contributed by atoms with Crippen LogP contribution in [0.4, 0.5) is 0 Å². The molecular weight excluding hydrogens is 162 g/mol. The molecule has 0 aliphatic rings. The molecule has 2 heteroatoms. The summed E-state index contributed by atoms with van der Waals surface area (Å²) in [5.74, 6) is 0.400. The third-order valence-electron chi connectivity index (χ3n) is 2.39. The second kappa shape index (κ2) is 4.43. The Kier molecular flexibility index (Phi) is 4.40. The van der Waals surface area contributed by atoms with E-state index >= 15 is 0 Å². The molecule has 3 N–H and O–H groups in total. The quantitative estimate of drug-likeness (QED) is 0.708. The van der Waals surface area contributed by atoms with Crippen LogP contribution in [-0.4, -0.2) is 17.3 Å². The van der Waals surface area contributed by atoms with Crippen molar-refractivity contribution in [1.82, 2.24) is 0 Å². The lowest BCUT2D eigenvalue weighted by atomic mass is 9.75. The second-order valence-corrected chi connectivity index (χ2v) is 5.80. The van der Waals surface area contributed by atoms with Crippen molar-refractivity contribution in [2.75, 3.05) is 6.61 Å². The van der Waals surface area contributed by atoms with Crippen molar-refractivity contribution in [1.29, 1.82) is 0 Å². The predicted octanol–water partition coefficient (Wildman–Crippen LogP) is 2.16. The number of aliphatic hydroxyl groups is 1. The molecule has 0 aromatic rings. The highest BCUT2D eigenvalue weighted by Gasteiger charge is 2.28. The van der Waals surface area contributed by atoms with Gasteiger partial charge in [-0.05, 0) is 38.0 Å². The van der Waals surface area contributed by atoms with Gasteiger partial charge < -0.3 is 10.8 Å². The molecule has 0 aliphatic carbocycles. The molecule has 0 aromatic carbocycles. The van der Waals surface area contributed by atoms with Gasteiger partial charge in [-0.2, -0.15) is 0 Å². The summed E-state index contributed by atoms with van der Waals surface area (Å²) in [7, 11) is 0. The zero-order valence-electron chi connectivity index (χ0n) is 9.72. The Morgan fingerprint density at radius 1 is 1.15 bits per heavy atom. The van der Waals surface area contributed by atoms with Gasteiger partial charge in [0, 0.05) is 12.1 Å². The maximum absolute atomic E-state index is 8.94. The minimum absolute atomic E-state index is 0.185. The van der Waals surface area contributed by atoms with E-state index in [0.717, 1.165) is 12.8 Å². The average Bonchev–Trinajstić information content (AvgIpc) is 1.81. The topological polar surface area (TPSA) is 46.2 Å². The molecule has 1 atom stereocenters. The van der Waals surface area contributed by atoms with E-state index in [9.17, 15) is 0 Å².